The topological polar surface area (TPSA) is 76.9 Å². The molecule has 1 amide bonds. The molecule has 3 aromatic rings. The molecular formula is C22H25ClN4O2S2. The van der Waals surface area contributed by atoms with Crippen molar-refractivity contribution in [3.63, 3.8) is 0 Å². The molecule has 0 saturated carbocycles. The van der Waals surface area contributed by atoms with E-state index in [0.717, 1.165) is 55.2 Å². The fraction of sp³-hybridized carbons (Fsp3) is 0.455. The van der Waals surface area contributed by atoms with Crippen LogP contribution in [0.4, 0.5) is 5.69 Å². The molecule has 0 radical (unpaired) electrons. The summed E-state index contributed by atoms with van der Waals surface area (Å²) in [6.07, 6.45) is 8.97. The van der Waals surface area contributed by atoms with Crippen LogP contribution < -0.4 is 10.9 Å². The Bertz CT molecular complexity index is 1160. The van der Waals surface area contributed by atoms with Crippen LogP contribution in [0.25, 0.3) is 10.2 Å². The van der Waals surface area contributed by atoms with Gasteiger partial charge in [0.1, 0.15) is 4.83 Å². The fourth-order valence-electron chi connectivity index (χ4n) is 3.86. The second kappa shape index (κ2) is 10.1. The first-order valence-corrected chi connectivity index (χ1v) is 12.8. The van der Waals surface area contributed by atoms with Crippen molar-refractivity contribution in [3.8, 4) is 0 Å². The summed E-state index contributed by atoms with van der Waals surface area (Å²) < 4.78 is 1.78. The first-order chi connectivity index (χ1) is 15.1. The molecule has 0 aliphatic heterocycles. The van der Waals surface area contributed by atoms with E-state index in [-0.39, 0.29) is 22.4 Å². The van der Waals surface area contributed by atoms with E-state index in [1.165, 1.54) is 22.2 Å². The molecule has 6 nitrogen and oxygen atoms in total. The summed E-state index contributed by atoms with van der Waals surface area (Å²) in [5.41, 5.74) is 1.71. The van der Waals surface area contributed by atoms with Gasteiger partial charge in [-0.05, 0) is 43.4 Å². The van der Waals surface area contributed by atoms with E-state index in [1.54, 1.807) is 34.2 Å². The molecule has 3 aromatic heterocycles. The number of halogens is 1. The smallest absolute Gasteiger partial charge is 0.263 e. The lowest BCUT2D eigenvalue weighted by molar-refractivity contribution is -0.113. The van der Waals surface area contributed by atoms with Gasteiger partial charge in [-0.3, -0.25) is 14.2 Å². The number of rotatable bonds is 9. The van der Waals surface area contributed by atoms with Gasteiger partial charge in [0.15, 0.2) is 10.3 Å². The van der Waals surface area contributed by atoms with Gasteiger partial charge in [-0.1, -0.05) is 49.5 Å². The van der Waals surface area contributed by atoms with Crippen molar-refractivity contribution in [2.75, 3.05) is 11.1 Å². The maximum absolute atomic E-state index is 13.4. The van der Waals surface area contributed by atoms with Gasteiger partial charge in [-0.15, -0.1) is 11.3 Å². The lowest BCUT2D eigenvalue weighted by Gasteiger charge is -2.12. The summed E-state index contributed by atoms with van der Waals surface area (Å²) in [7, 11) is 0. The van der Waals surface area contributed by atoms with E-state index in [9.17, 15) is 9.59 Å². The zero-order valence-electron chi connectivity index (χ0n) is 17.4. The van der Waals surface area contributed by atoms with Crippen molar-refractivity contribution in [2.45, 2.75) is 63.6 Å². The number of thiophene rings is 1. The molecule has 0 unspecified atom stereocenters. The predicted molar refractivity (Wildman–Crippen MR) is 129 cm³/mol. The molecule has 0 saturated heterocycles. The monoisotopic (exact) mass is 476 g/mol. The molecule has 3 heterocycles. The van der Waals surface area contributed by atoms with Gasteiger partial charge in [0.05, 0.1) is 16.8 Å². The third-order valence-electron chi connectivity index (χ3n) is 5.39. The highest BCUT2D eigenvalue weighted by molar-refractivity contribution is 7.99. The second-order valence-electron chi connectivity index (χ2n) is 7.63. The lowest BCUT2D eigenvalue weighted by Crippen LogP contribution is -2.24. The van der Waals surface area contributed by atoms with E-state index in [1.807, 2.05) is 0 Å². The number of nitrogens with zero attached hydrogens (tertiary/aromatic N) is 3. The Morgan fingerprint density at radius 1 is 1.32 bits per heavy atom. The van der Waals surface area contributed by atoms with E-state index in [0.29, 0.717) is 17.4 Å². The Morgan fingerprint density at radius 2 is 2.19 bits per heavy atom. The minimum atomic E-state index is -0.208. The summed E-state index contributed by atoms with van der Waals surface area (Å²) >= 11 is 8.95. The SMILES string of the molecule is CCCCCCn1c(SCC(=O)Nc2cccnc2Cl)nc2sc3c(c2c1=O)CCC3. The van der Waals surface area contributed by atoms with Crippen LogP contribution in [0.3, 0.4) is 0 Å². The first-order valence-electron chi connectivity index (χ1n) is 10.7. The van der Waals surface area contributed by atoms with E-state index < -0.39 is 0 Å². The Kier molecular flexibility index (Phi) is 7.30. The predicted octanol–water partition coefficient (Wildman–Crippen LogP) is 5.31. The third-order valence-corrected chi connectivity index (χ3v) is 7.85. The van der Waals surface area contributed by atoms with Crippen LogP contribution >= 0.6 is 34.7 Å². The maximum Gasteiger partial charge on any atom is 0.263 e. The van der Waals surface area contributed by atoms with Crippen LogP contribution in [0.1, 0.15) is 49.5 Å². The molecule has 4 rings (SSSR count). The van der Waals surface area contributed by atoms with E-state index in [4.69, 9.17) is 16.6 Å². The maximum atomic E-state index is 13.4. The van der Waals surface area contributed by atoms with Gasteiger partial charge >= 0.3 is 0 Å². The van der Waals surface area contributed by atoms with Gasteiger partial charge < -0.3 is 5.32 Å². The van der Waals surface area contributed by atoms with Crippen molar-refractivity contribution in [2.24, 2.45) is 0 Å². The summed E-state index contributed by atoms with van der Waals surface area (Å²) in [4.78, 5) is 36.8. The van der Waals surface area contributed by atoms with Crippen LogP contribution in [0.2, 0.25) is 5.15 Å². The van der Waals surface area contributed by atoms with Crippen molar-refractivity contribution < 1.29 is 4.79 Å². The van der Waals surface area contributed by atoms with Crippen LogP contribution in [0.15, 0.2) is 28.3 Å². The standard InChI is InChI=1S/C22H25ClN4O2S2/c1-2-3-4-5-12-27-21(29)18-14-8-6-10-16(14)31-20(18)26-22(27)30-13-17(28)25-15-9-7-11-24-19(15)23/h7,9,11H,2-6,8,10,12-13H2,1H3,(H,25,28). The van der Waals surface area contributed by atoms with Crippen LogP contribution in [0, 0.1) is 0 Å². The fourth-order valence-corrected chi connectivity index (χ4v) is 6.15. The highest BCUT2D eigenvalue weighted by atomic mass is 35.5. The molecular weight excluding hydrogens is 452 g/mol. The first kappa shape index (κ1) is 22.3. The van der Waals surface area contributed by atoms with Gasteiger partial charge in [-0.25, -0.2) is 9.97 Å². The van der Waals surface area contributed by atoms with Crippen molar-refractivity contribution >= 4 is 56.5 Å². The second-order valence-corrected chi connectivity index (χ2v) is 10.0. The number of aromatic nitrogens is 3. The average molecular weight is 477 g/mol. The zero-order chi connectivity index (χ0) is 21.8. The molecule has 0 aromatic carbocycles. The Morgan fingerprint density at radius 3 is 3.00 bits per heavy atom. The molecule has 31 heavy (non-hydrogen) atoms. The molecule has 0 bridgehead atoms. The highest BCUT2D eigenvalue weighted by Gasteiger charge is 2.23. The Hall–Kier alpha value is -1.90. The third kappa shape index (κ3) is 4.96. The zero-order valence-corrected chi connectivity index (χ0v) is 19.8. The van der Waals surface area contributed by atoms with Crippen molar-refractivity contribution in [3.05, 3.63) is 44.3 Å². The van der Waals surface area contributed by atoms with Gasteiger partial charge in [0.2, 0.25) is 5.91 Å². The number of unbranched alkanes of at least 4 members (excludes halogenated alkanes) is 3. The number of thioether (sulfide) groups is 1. The molecule has 1 aliphatic rings. The number of anilines is 1. The van der Waals surface area contributed by atoms with Gasteiger partial charge in [0, 0.05) is 17.6 Å². The Balaban J connectivity index is 1.57. The summed E-state index contributed by atoms with van der Waals surface area (Å²) in [6.45, 7) is 2.80. The van der Waals surface area contributed by atoms with Gasteiger partial charge in [0.25, 0.3) is 5.56 Å². The average Bonchev–Trinajstić information content (AvgIpc) is 3.33. The number of hydrogen-bond donors (Lipinski definition) is 1. The normalized spacial score (nSPS) is 13.0. The van der Waals surface area contributed by atoms with E-state index in [2.05, 4.69) is 17.2 Å². The molecule has 1 aliphatic carbocycles. The minimum absolute atomic E-state index is 0.0408. The number of nitrogens with one attached hydrogen (secondary N) is 1. The number of hydrogen-bond acceptors (Lipinski definition) is 6. The highest BCUT2D eigenvalue weighted by Crippen LogP contribution is 2.35. The molecule has 9 heteroatoms. The number of carbonyl (C=O) groups excluding carboxylic acids is 1. The van der Waals surface area contributed by atoms with Crippen LogP contribution in [-0.2, 0) is 24.2 Å². The van der Waals surface area contributed by atoms with Gasteiger partial charge in [-0.2, -0.15) is 0 Å². The molecule has 0 fully saturated rings. The van der Waals surface area contributed by atoms with Crippen LogP contribution in [-0.4, -0.2) is 26.2 Å². The summed E-state index contributed by atoms with van der Waals surface area (Å²) in [5, 5.41) is 4.44. The molecule has 1 N–H and O–H groups in total. The molecule has 0 atom stereocenters. The molecule has 164 valence electrons. The number of carbonyl (C=O) groups is 1. The molecule has 0 spiro atoms. The minimum Gasteiger partial charge on any atom is -0.323 e. The van der Waals surface area contributed by atoms with Crippen molar-refractivity contribution in [1.82, 2.24) is 14.5 Å². The largest absolute Gasteiger partial charge is 0.323 e. The Labute approximate surface area is 194 Å². The lowest BCUT2D eigenvalue weighted by atomic mass is 10.2. The quantitative estimate of drug-likeness (QED) is 0.196. The summed E-state index contributed by atoms with van der Waals surface area (Å²) in [5.74, 6) is -0.0658. The van der Waals surface area contributed by atoms with E-state index >= 15 is 0 Å². The number of amides is 1. The number of aryl methyl sites for hydroxylation is 2. The number of pyridine rings is 1. The summed E-state index contributed by atoms with van der Waals surface area (Å²) in [6, 6.07) is 3.42. The number of fused-ring (bicyclic) bond motifs is 3. The van der Waals surface area contributed by atoms with Crippen molar-refractivity contribution in [1.29, 1.82) is 0 Å². The van der Waals surface area contributed by atoms with Crippen LogP contribution in [0.5, 0.6) is 0 Å².